The highest BCUT2D eigenvalue weighted by atomic mass is 16.5. The lowest BCUT2D eigenvalue weighted by molar-refractivity contribution is -0.129. The fourth-order valence-corrected chi connectivity index (χ4v) is 2.41. The molecule has 0 aliphatic carbocycles. The van der Waals surface area contributed by atoms with Crippen molar-refractivity contribution in [1.82, 2.24) is 5.32 Å². The quantitative estimate of drug-likeness (QED) is 0.798. The first kappa shape index (κ1) is 12.3. The molecule has 5 nitrogen and oxygen atoms in total. The van der Waals surface area contributed by atoms with Crippen LogP contribution in [0.5, 0.6) is 5.75 Å². The number of carbonyl (C=O) groups excluding carboxylic acids is 1. The largest absolute Gasteiger partial charge is 0.476 e. The molecule has 1 saturated heterocycles. The van der Waals surface area contributed by atoms with Crippen LogP contribution in [0.1, 0.15) is 13.8 Å². The number of anilines is 2. The Morgan fingerprint density at radius 3 is 2.74 bits per heavy atom. The van der Waals surface area contributed by atoms with Gasteiger partial charge in [-0.1, -0.05) is 0 Å². The molecule has 0 saturated carbocycles. The molecule has 2 heterocycles. The minimum absolute atomic E-state index is 0.102. The molecule has 1 amide bonds. The molecule has 5 heteroatoms. The summed E-state index contributed by atoms with van der Waals surface area (Å²) in [5.74, 6) is 0.649. The topological polar surface area (TPSA) is 53.6 Å². The lowest BCUT2D eigenvalue weighted by Gasteiger charge is -2.34. The van der Waals surface area contributed by atoms with Gasteiger partial charge in [-0.2, -0.15) is 0 Å². The van der Waals surface area contributed by atoms with Crippen LogP contribution in [-0.2, 0) is 4.79 Å². The SMILES string of the molecule is CC1(C)Oc2cc(N3CCNCC3)ccc2NC1=O. The van der Waals surface area contributed by atoms with Crippen LogP contribution in [0.3, 0.4) is 0 Å². The molecule has 1 fully saturated rings. The number of amides is 1. The molecule has 2 aliphatic heterocycles. The van der Waals surface area contributed by atoms with Gasteiger partial charge in [0.1, 0.15) is 5.75 Å². The Kier molecular flexibility index (Phi) is 2.86. The lowest BCUT2D eigenvalue weighted by atomic mass is 10.1. The van der Waals surface area contributed by atoms with Crippen molar-refractivity contribution >= 4 is 17.3 Å². The third-order valence-corrected chi connectivity index (χ3v) is 3.61. The van der Waals surface area contributed by atoms with Crippen molar-refractivity contribution < 1.29 is 9.53 Å². The molecule has 0 bridgehead atoms. The zero-order valence-corrected chi connectivity index (χ0v) is 11.3. The van der Waals surface area contributed by atoms with Crippen LogP contribution < -0.4 is 20.3 Å². The van der Waals surface area contributed by atoms with Crippen molar-refractivity contribution in [1.29, 1.82) is 0 Å². The molecule has 0 spiro atoms. The average molecular weight is 261 g/mol. The normalized spacial score (nSPS) is 21.4. The molecular weight excluding hydrogens is 242 g/mol. The third-order valence-electron chi connectivity index (χ3n) is 3.61. The summed E-state index contributed by atoms with van der Waals surface area (Å²) >= 11 is 0. The van der Waals surface area contributed by atoms with Crippen LogP contribution in [0.4, 0.5) is 11.4 Å². The molecule has 19 heavy (non-hydrogen) atoms. The molecule has 0 atom stereocenters. The summed E-state index contributed by atoms with van der Waals surface area (Å²) in [4.78, 5) is 14.1. The fraction of sp³-hybridized carbons (Fsp3) is 0.500. The lowest BCUT2D eigenvalue weighted by Crippen LogP contribution is -2.46. The minimum atomic E-state index is -0.810. The van der Waals surface area contributed by atoms with Crippen LogP contribution >= 0.6 is 0 Å². The number of ether oxygens (including phenoxy) is 1. The predicted octanol–water partition coefficient (Wildman–Crippen LogP) is 1.21. The Balaban J connectivity index is 1.89. The third kappa shape index (κ3) is 2.26. The molecular formula is C14H19N3O2. The highest BCUT2D eigenvalue weighted by molar-refractivity contribution is 6.00. The van der Waals surface area contributed by atoms with Crippen molar-refractivity contribution in [2.75, 3.05) is 36.4 Å². The smallest absolute Gasteiger partial charge is 0.268 e. The predicted molar refractivity (Wildman–Crippen MR) is 74.9 cm³/mol. The zero-order chi connectivity index (χ0) is 13.5. The molecule has 1 aromatic rings. The first-order valence-electron chi connectivity index (χ1n) is 6.66. The number of nitrogens with zero attached hydrogens (tertiary/aromatic N) is 1. The molecule has 0 unspecified atom stereocenters. The van der Waals surface area contributed by atoms with E-state index in [4.69, 9.17) is 4.74 Å². The number of carbonyl (C=O) groups is 1. The zero-order valence-electron chi connectivity index (χ0n) is 11.3. The van der Waals surface area contributed by atoms with Crippen molar-refractivity contribution in [2.45, 2.75) is 19.4 Å². The summed E-state index contributed by atoms with van der Waals surface area (Å²) in [6, 6.07) is 5.97. The highest BCUT2D eigenvalue weighted by Crippen LogP contribution is 2.36. The van der Waals surface area contributed by atoms with Crippen LogP contribution in [-0.4, -0.2) is 37.7 Å². The van der Waals surface area contributed by atoms with Crippen molar-refractivity contribution in [3.63, 3.8) is 0 Å². The Hall–Kier alpha value is -1.75. The van der Waals surface area contributed by atoms with Crippen molar-refractivity contribution in [3.8, 4) is 5.75 Å². The second-order valence-electron chi connectivity index (χ2n) is 5.48. The summed E-state index contributed by atoms with van der Waals surface area (Å²) in [5, 5.41) is 6.22. The van der Waals surface area contributed by atoms with Crippen LogP contribution in [0.15, 0.2) is 18.2 Å². The number of piperazine rings is 1. The maximum Gasteiger partial charge on any atom is 0.268 e. The Morgan fingerprint density at radius 1 is 1.26 bits per heavy atom. The van der Waals surface area contributed by atoms with E-state index in [9.17, 15) is 4.79 Å². The fourth-order valence-electron chi connectivity index (χ4n) is 2.41. The minimum Gasteiger partial charge on any atom is -0.476 e. The van der Waals surface area contributed by atoms with Crippen LogP contribution in [0.2, 0.25) is 0 Å². The van der Waals surface area contributed by atoms with Gasteiger partial charge in [0.25, 0.3) is 5.91 Å². The van der Waals surface area contributed by atoms with Gasteiger partial charge in [0.2, 0.25) is 0 Å². The molecule has 2 N–H and O–H groups in total. The summed E-state index contributed by atoms with van der Waals surface area (Å²) < 4.78 is 5.81. The van der Waals surface area contributed by atoms with E-state index >= 15 is 0 Å². The number of nitrogens with one attached hydrogen (secondary N) is 2. The van der Waals surface area contributed by atoms with E-state index < -0.39 is 5.60 Å². The monoisotopic (exact) mass is 261 g/mol. The Morgan fingerprint density at radius 2 is 2.00 bits per heavy atom. The van der Waals surface area contributed by atoms with Crippen LogP contribution in [0.25, 0.3) is 0 Å². The van der Waals surface area contributed by atoms with E-state index in [2.05, 4.69) is 15.5 Å². The van der Waals surface area contributed by atoms with Gasteiger partial charge >= 0.3 is 0 Å². The van der Waals surface area contributed by atoms with Gasteiger partial charge in [-0.05, 0) is 26.0 Å². The molecule has 0 aromatic heterocycles. The van der Waals surface area contributed by atoms with Gasteiger partial charge in [0.15, 0.2) is 5.60 Å². The van der Waals surface area contributed by atoms with E-state index in [1.54, 1.807) is 13.8 Å². The maximum atomic E-state index is 11.8. The van der Waals surface area contributed by atoms with E-state index in [0.717, 1.165) is 43.3 Å². The standard InChI is InChI=1S/C14H19N3O2/c1-14(2)13(18)16-11-4-3-10(9-12(11)19-14)17-7-5-15-6-8-17/h3-4,9,15H,5-8H2,1-2H3,(H,16,18). The number of hydrogen-bond acceptors (Lipinski definition) is 4. The van der Waals surface area contributed by atoms with E-state index in [1.807, 2.05) is 18.2 Å². The van der Waals surface area contributed by atoms with E-state index in [0.29, 0.717) is 0 Å². The number of benzene rings is 1. The molecule has 102 valence electrons. The second-order valence-corrected chi connectivity index (χ2v) is 5.48. The number of hydrogen-bond donors (Lipinski definition) is 2. The van der Waals surface area contributed by atoms with Gasteiger partial charge in [-0.15, -0.1) is 0 Å². The summed E-state index contributed by atoms with van der Waals surface area (Å²) in [5.41, 5.74) is 1.09. The highest BCUT2D eigenvalue weighted by Gasteiger charge is 2.35. The van der Waals surface area contributed by atoms with E-state index in [-0.39, 0.29) is 5.91 Å². The van der Waals surface area contributed by atoms with Gasteiger partial charge in [0.05, 0.1) is 5.69 Å². The maximum absolute atomic E-state index is 11.8. The van der Waals surface area contributed by atoms with Gasteiger partial charge in [-0.3, -0.25) is 4.79 Å². The molecule has 3 rings (SSSR count). The molecule has 0 radical (unpaired) electrons. The van der Waals surface area contributed by atoms with Gasteiger partial charge in [-0.25, -0.2) is 0 Å². The molecule has 2 aliphatic rings. The van der Waals surface area contributed by atoms with E-state index in [1.165, 1.54) is 0 Å². The summed E-state index contributed by atoms with van der Waals surface area (Å²) in [7, 11) is 0. The Labute approximate surface area is 112 Å². The molecule has 1 aromatic carbocycles. The van der Waals surface area contributed by atoms with Crippen molar-refractivity contribution in [3.05, 3.63) is 18.2 Å². The summed E-state index contributed by atoms with van der Waals surface area (Å²) in [6.45, 7) is 7.55. The van der Waals surface area contributed by atoms with Gasteiger partial charge < -0.3 is 20.3 Å². The number of rotatable bonds is 1. The average Bonchev–Trinajstić information content (AvgIpc) is 2.40. The number of fused-ring (bicyclic) bond motifs is 1. The van der Waals surface area contributed by atoms with Gasteiger partial charge in [0, 0.05) is 37.9 Å². The first-order valence-corrected chi connectivity index (χ1v) is 6.66. The van der Waals surface area contributed by atoms with Crippen LogP contribution in [0, 0.1) is 0 Å². The second kappa shape index (κ2) is 4.42. The summed E-state index contributed by atoms with van der Waals surface area (Å²) in [6.07, 6.45) is 0. The Bertz CT molecular complexity index is 507. The first-order chi connectivity index (χ1) is 9.06. The van der Waals surface area contributed by atoms with Crippen molar-refractivity contribution in [2.24, 2.45) is 0 Å².